The molecule has 19 heavy (non-hydrogen) atoms. The number of nitrogens with zero attached hydrogens (tertiary/aromatic N) is 1. The zero-order chi connectivity index (χ0) is 13.7. The smallest absolute Gasteiger partial charge is 0.126 e. The third-order valence-electron chi connectivity index (χ3n) is 2.93. The average molecular weight is 252 g/mol. The van der Waals surface area contributed by atoms with Crippen molar-refractivity contribution < 1.29 is 4.74 Å². The molecule has 0 heterocycles. The highest BCUT2D eigenvalue weighted by molar-refractivity contribution is 5.35. The number of nitrogens with two attached hydrogens (primary N) is 1. The van der Waals surface area contributed by atoms with Gasteiger partial charge in [-0.1, -0.05) is 42.5 Å². The maximum atomic E-state index is 8.96. The molecule has 0 aromatic heterocycles. The molecule has 1 atom stereocenters. The van der Waals surface area contributed by atoms with Gasteiger partial charge in [0.25, 0.3) is 0 Å². The molecule has 0 spiro atoms. The van der Waals surface area contributed by atoms with Gasteiger partial charge >= 0.3 is 0 Å². The molecule has 3 heteroatoms. The Hall–Kier alpha value is -2.31. The molecule has 3 nitrogen and oxygen atoms in total. The summed E-state index contributed by atoms with van der Waals surface area (Å²) in [5.74, 6) is 0.765. The van der Waals surface area contributed by atoms with Gasteiger partial charge in [-0.25, -0.2) is 0 Å². The van der Waals surface area contributed by atoms with Crippen molar-refractivity contribution in [2.24, 2.45) is 5.73 Å². The van der Waals surface area contributed by atoms with Crippen LogP contribution in [-0.4, -0.2) is 0 Å². The fraction of sp³-hybridized carbons (Fsp3) is 0.188. The van der Waals surface area contributed by atoms with Gasteiger partial charge in [0.1, 0.15) is 17.9 Å². The molecule has 2 N–H and O–H groups in total. The second kappa shape index (κ2) is 5.55. The predicted octanol–water partition coefficient (Wildman–Crippen LogP) is 2.96. The highest BCUT2D eigenvalue weighted by Crippen LogP contribution is 2.20. The van der Waals surface area contributed by atoms with Crippen LogP contribution in [0.15, 0.2) is 54.6 Å². The van der Waals surface area contributed by atoms with Crippen LogP contribution in [0.2, 0.25) is 0 Å². The fourth-order valence-corrected chi connectivity index (χ4v) is 1.70. The maximum absolute atomic E-state index is 8.96. The molecule has 1 unspecified atom stereocenters. The molecule has 0 saturated heterocycles. The van der Waals surface area contributed by atoms with E-state index in [1.165, 1.54) is 0 Å². The van der Waals surface area contributed by atoms with E-state index < -0.39 is 5.54 Å². The summed E-state index contributed by atoms with van der Waals surface area (Å²) in [6.45, 7) is 2.21. The van der Waals surface area contributed by atoms with Crippen molar-refractivity contribution in [3.63, 3.8) is 0 Å². The minimum atomic E-state index is -0.960. The normalized spacial score (nSPS) is 13.3. The van der Waals surface area contributed by atoms with Crippen molar-refractivity contribution in [2.75, 3.05) is 0 Å². The first-order valence-electron chi connectivity index (χ1n) is 6.09. The minimum absolute atomic E-state index is 0.526. The van der Waals surface area contributed by atoms with E-state index in [2.05, 4.69) is 6.07 Å². The van der Waals surface area contributed by atoms with E-state index in [-0.39, 0.29) is 0 Å². The summed E-state index contributed by atoms with van der Waals surface area (Å²) in [6, 6.07) is 19.4. The molecule has 0 bridgehead atoms. The first-order valence-corrected chi connectivity index (χ1v) is 6.09. The van der Waals surface area contributed by atoms with E-state index in [9.17, 15) is 0 Å². The van der Waals surface area contributed by atoms with Gasteiger partial charge < -0.3 is 10.5 Å². The molecule has 2 aromatic carbocycles. The lowest BCUT2D eigenvalue weighted by Gasteiger charge is -2.16. The lowest BCUT2D eigenvalue weighted by Crippen LogP contribution is -2.30. The highest BCUT2D eigenvalue weighted by atomic mass is 16.5. The maximum Gasteiger partial charge on any atom is 0.126 e. The number of ether oxygens (including phenoxy) is 1. The molecule has 0 amide bonds. The Labute approximate surface area is 113 Å². The lowest BCUT2D eigenvalue weighted by atomic mass is 9.95. The van der Waals surface area contributed by atoms with Crippen LogP contribution in [0.5, 0.6) is 5.75 Å². The van der Waals surface area contributed by atoms with Crippen molar-refractivity contribution in [1.82, 2.24) is 0 Å². The Bertz CT molecular complexity index is 568. The van der Waals surface area contributed by atoms with Crippen molar-refractivity contribution in [2.45, 2.75) is 19.1 Å². The Morgan fingerprint density at radius 2 is 1.74 bits per heavy atom. The number of hydrogen-bond acceptors (Lipinski definition) is 3. The quantitative estimate of drug-likeness (QED) is 0.910. The molecule has 96 valence electrons. The molecule has 0 aliphatic rings. The van der Waals surface area contributed by atoms with Crippen LogP contribution in [0, 0.1) is 11.3 Å². The van der Waals surface area contributed by atoms with E-state index in [0.29, 0.717) is 6.61 Å². The molecule has 0 aliphatic heterocycles. The third-order valence-corrected chi connectivity index (χ3v) is 2.93. The Morgan fingerprint density at radius 1 is 1.11 bits per heavy atom. The van der Waals surface area contributed by atoms with Crippen molar-refractivity contribution in [3.05, 3.63) is 65.7 Å². The van der Waals surface area contributed by atoms with Crippen LogP contribution in [0.1, 0.15) is 18.1 Å². The molecular formula is C16H16N2O. The summed E-state index contributed by atoms with van der Waals surface area (Å²) in [7, 11) is 0. The Kier molecular flexibility index (Phi) is 3.84. The summed E-state index contributed by atoms with van der Waals surface area (Å²) >= 11 is 0. The summed E-state index contributed by atoms with van der Waals surface area (Å²) in [5.41, 5.74) is 6.79. The second-order valence-electron chi connectivity index (χ2n) is 4.61. The number of hydrogen-bond donors (Lipinski definition) is 1. The number of benzene rings is 2. The van der Waals surface area contributed by atoms with Crippen molar-refractivity contribution >= 4 is 0 Å². The summed E-state index contributed by atoms with van der Waals surface area (Å²) in [6.07, 6.45) is 0. The van der Waals surface area contributed by atoms with Crippen LogP contribution in [0.3, 0.4) is 0 Å². The zero-order valence-corrected chi connectivity index (χ0v) is 10.8. The van der Waals surface area contributed by atoms with Crippen LogP contribution in [0.4, 0.5) is 0 Å². The van der Waals surface area contributed by atoms with E-state index in [1.54, 1.807) is 6.92 Å². The van der Waals surface area contributed by atoms with Gasteiger partial charge in [-0.2, -0.15) is 5.26 Å². The highest BCUT2D eigenvalue weighted by Gasteiger charge is 2.19. The molecule has 0 fully saturated rings. The standard InChI is InChI=1S/C16H16N2O/c1-16(18,12-17)14-7-9-15(10-8-14)19-11-13-5-3-2-4-6-13/h2-10H,11,18H2,1H3. The molecule has 2 aromatic rings. The SMILES string of the molecule is CC(N)(C#N)c1ccc(OCc2ccccc2)cc1. The molecular weight excluding hydrogens is 236 g/mol. The van der Waals surface area contributed by atoms with E-state index in [0.717, 1.165) is 16.9 Å². The van der Waals surface area contributed by atoms with Crippen LogP contribution < -0.4 is 10.5 Å². The topological polar surface area (TPSA) is 59.0 Å². The monoisotopic (exact) mass is 252 g/mol. The van der Waals surface area contributed by atoms with E-state index >= 15 is 0 Å². The lowest BCUT2D eigenvalue weighted by molar-refractivity contribution is 0.306. The zero-order valence-electron chi connectivity index (χ0n) is 10.8. The first kappa shape index (κ1) is 13.1. The average Bonchev–Trinajstić information content (AvgIpc) is 2.47. The van der Waals surface area contributed by atoms with Gasteiger partial charge in [0.2, 0.25) is 0 Å². The molecule has 0 aliphatic carbocycles. The third kappa shape index (κ3) is 3.34. The molecule has 0 radical (unpaired) electrons. The summed E-state index contributed by atoms with van der Waals surface area (Å²) in [4.78, 5) is 0. The van der Waals surface area contributed by atoms with Gasteiger partial charge in [0.15, 0.2) is 0 Å². The van der Waals surface area contributed by atoms with Crippen LogP contribution >= 0.6 is 0 Å². The fourth-order valence-electron chi connectivity index (χ4n) is 1.70. The van der Waals surface area contributed by atoms with E-state index in [4.69, 9.17) is 15.7 Å². The van der Waals surface area contributed by atoms with Gasteiger partial charge in [-0.15, -0.1) is 0 Å². The Morgan fingerprint density at radius 3 is 2.32 bits per heavy atom. The Balaban J connectivity index is 2.02. The molecule has 2 rings (SSSR count). The minimum Gasteiger partial charge on any atom is -0.489 e. The summed E-state index contributed by atoms with van der Waals surface area (Å²) < 4.78 is 5.67. The van der Waals surface area contributed by atoms with Gasteiger partial charge in [0.05, 0.1) is 6.07 Å². The largest absolute Gasteiger partial charge is 0.489 e. The van der Waals surface area contributed by atoms with Crippen LogP contribution in [0.25, 0.3) is 0 Å². The number of nitriles is 1. The van der Waals surface area contributed by atoms with Crippen LogP contribution in [-0.2, 0) is 12.1 Å². The van der Waals surface area contributed by atoms with E-state index in [1.807, 2.05) is 54.6 Å². The van der Waals surface area contributed by atoms with Crippen molar-refractivity contribution in [1.29, 1.82) is 5.26 Å². The number of rotatable bonds is 4. The predicted molar refractivity (Wildman–Crippen MR) is 74.4 cm³/mol. The summed E-state index contributed by atoms with van der Waals surface area (Å²) in [5, 5.41) is 8.96. The van der Waals surface area contributed by atoms with Gasteiger partial charge in [0, 0.05) is 0 Å². The second-order valence-corrected chi connectivity index (χ2v) is 4.61. The first-order chi connectivity index (χ1) is 9.12. The van der Waals surface area contributed by atoms with Gasteiger partial charge in [-0.05, 0) is 30.2 Å². The molecule has 0 saturated carbocycles. The van der Waals surface area contributed by atoms with Crippen molar-refractivity contribution in [3.8, 4) is 11.8 Å². The van der Waals surface area contributed by atoms with Gasteiger partial charge in [-0.3, -0.25) is 0 Å².